The molecule has 0 amide bonds. The quantitative estimate of drug-likeness (QED) is 0.793. The fraction of sp³-hybridized carbons (Fsp3) is 0.643. The summed E-state index contributed by atoms with van der Waals surface area (Å²) in [6, 6.07) is 5.24. The van der Waals surface area contributed by atoms with Crippen LogP contribution in [-0.2, 0) is 6.54 Å². The Bertz CT molecular complexity index is 347. The molecular formula is C14H25N3. The number of pyridine rings is 1. The molecule has 1 unspecified atom stereocenters. The predicted molar refractivity (Wildman–Crippen MR) is 73.2 cm³/mol. The van der Waals surface area contributed by atoms with Crippen LogP contribution in [0.25, 0.3) is 0 Å². The topological polar surface area (TPSA) is 37.0 Å². The van der Waals surface area contributed by atoms with E-state index in [4.69, 9.17) is 0 Å². The fourth-order valence-electron chi connectivity index (χ4n) is 1.67. The summed E-state index contributed by atoms with van der Waals surface area (Å²) in [4.78, 5) is 4.47. The summed E-state index contributed by atoms with van der Waals surface area (Å²) in [5.41, 5.74) is 3.49. The van der Waals surface area contributed by atoms with Gasteiger partial charge in [0, 0.05) is 36.6 Å². The lowest BCUT2D eigenvalue weighted by molar-refractivity contribution is 0.473. The van der Waals surface area contributed by atoms with Gasteiger partial charge in [0.15, 0.2) is 0 Å². The minimum absolute atomic E-state index is 0.470. The third-order valence-electron chi connectivity index (χ3n) is 2.81. The number of aryl methyl sites for hydroxylation is 2. The Hall–Kier alpha value is -0.930. The average molecular weight is 235 g/mol. The molecule has 1 aromatic rings. The van der Waals surface area contributed by atoms with Gasteiger partial charge in [-0.2, -0.15) is 0 Å². The Morgan fingerprint density at radius 1 is 1.12 bits per heavy atom. The number of nitrogens with zero attached hydrogens (tertiary/aromatic N) is 1. The van der Waals surface area contributed by atoms with E-state index < -0.39 is 0 Å². The van der Waals surface area contributed by atoms with Gasteiger partial charge in [0.2, 0.25) is 0 Å². The van der Waals surface area contributed by atoms with Gasteiger partial charge in [-0.15, -0.1) is 0 Å². The maximum atomic E-state index is 4.47. The monoisotopic (exact) mass is 235 g/mol. The molecule has 1 rings (SSSR count). The maximum Gasteiger partial charge on any atom is 0.0420 e. The molecule has 1 heterocycles. The molecule has 1 aromatic heterocycles. The number of hydrogen-bond donors (Lipinski definition) is 2. The van der Waals surface area contributed by atoms with Crippen LogP contribution in [0.5, 0.6) is 0 Å². The van der Waals surface area contributed by atoms with E-state index in [0.29, 0.717) is 12.1 Å². The molecule has 0 aromatic carbocycles. The number of nitrogens with one attached hydrogen (secondary N) is 2. The summed E-state index contributed by atoms with van der Waals surface area (Å²) in [7, 11) is 0. The molecule has 0 bridgehead atoms. The number of aromatic nitrogens is 1. The van der Waals surface area contributed by atoms with Crippen molar-refractivity contribution in [1.82, 2.24) is 15.6 Å². The zero-order valence-corrected chi connectivity index (χ0v) is 11.7. The summed E-state index contributed by atoms with van der Waals surface area (Å²) < 4.78 is 0. The molecular weight excluding hydrogens is 210 g/mol. The predicted octanol–water partition coefficient (Wildman–Crippen LogP) is 2.17. The first kappa shape index (κ1) is 14.1. The first-order valence-corrected chi connectivity index (χ1v) is 6.39. The van der Waals surface area contributed by atoms with Crippen LogP contribution in [0.4, 0.5) is 0 Å². The van der Waals surface area contributed by atoms with Crippen molar-refractivity contribution in [3.8, 4) is 0 Å². The SMILES string of the molecule is Cc1ccc(CNC(C)CNC(C)C)c(C)n1. The standard InChI is InChI=1S/C14H25N3/c1-10(2)15-8-12(4)16-9-14-7-6-11(3)17-13(14)5/h6-7,10,12,15-16H,8-9H2,1-5H3. The fourth-order valence-corrected chi connectivity index (χ4v) is 1.67. The van der Waals surface area contributed by atoms with Gasteiger partial charge in [0.25, 0.3) is 0 Å². The van der Waals surface area contributed by atoms with E-state index in [1.54, 1.807) is 0 Å². The first-order valence-electron chi connectivity index (χ1n) is 6.39. The van der Waals surface area contributed by atoms with Gasteiger partial charge < -0.3 is 10.6 Å². The third kappa shape index (κ3) is 5.29. The lowest BCUT2D eigenvalue weighted by Crippen LogP contribution is -2.38. The van der Waals surface area contributed by atoms with Crippen LogP contribution in [0.15, 0.2) is 12.1 Å². The lowest BCUT2D eigenvalue weighted by Gasteiger charge is -2.17. The number of hydrogen-bond acceptors (Lipinski definition) is 3. The third-order valence-corrected chi connectivity index (χ3v) is 2.81. The second kappa shape index (κ2) is 6.72. The van der Waals surface area contributed by atoms with Crippen LogP contribution in [0, 0.1) is 13.8 Å². The maximum absolute atomic E-state index is 4.47. The van der Waals surface area contributed by atoms with E-state index in [2.05, 4.69) is 55.4 Å². The number of rotatable bonds is 6. The zero-order valence-electron chi connectivity index (χ0n) is 11.7. The van der Waals surface area contributed by atoms with Crippen LogP contribution in [-0.4, -0.2) is 23.6 Å². The van der Waals surface area contributed by atoms with Gasteiger partial charge in [-0.1, -0.05) is 19.9 Å². The Morgan fingerprint density at radius 2 is 1.82 bits per heavy atom. The molecule has 0 aliphatic rings. The van der Waals surface area contributed by atoms with Crippen LogP contribution in [0.1, 0.15) is 37.7 Å². The molecule has 96 valence electrons. The van der Waals surface area contributed by atoms with Crippen LogP contribution in [0.2, 0.25) is 0 Å². The highest BCUT2D eigenvalue weighted by Gasteiger charge is 2.04. The molecule has 0 fully saturated rings. The molecule has 2 N–H and O–H groups in total. The summed E-state index contributed by atoms with van der Waals surface area (Å²) in [6.45, 7) is 12.5. The highest BCUT2D eigenvalue weighted by Crippen LogP contribution is 2.06. The molecule has 17 heavy (non-hydrogen) atoms. The van der Waals surface area contributed by atoms with Gasteiger partial charge in [0.1, 0.15) is 0 Å². The van der Waals surface area contributed by atoms with Gasteiger partial charge in [0.05, 0.1) is 0 Å². The summed E-state index contributed by atoms with van der Waals surface area (Å²) >= 11 is 0. The molecule has 0 aliphatic carbocycles. The molecule has 3 nitrogen and oxygen atoms in total. The molecule has 0 saturated heterocycles. The van der Waals surface area contributed by atoms with Gasteiger partial charge >= 0.3 is 0 Å². The van der Waals surface area contributed by atoms with Crippen molar-refractivity contribution in [1.29, 1.82) is 0 Å². The largest absolute Gasteiger partial charge is 0.313 e. The summed E-state index contributed by atoms with van der Waals surface area (Å²) in [6.07, 6.45) is 0. The molecule has 1 atom stereocenters. The first-order chi connectivity index (χ1) is 7.99. The molecule has 3 heteroatoms. The Morgan fingerprint density at radius 3 is 2.41 bits per heavy atom. The van der Waals surface area contributed by atoms with E-state index in [-0.39, 0.29) is 0 Å². The van der Waals surface area contributed by atoms with Crippen LogP contribution in [0.3, 0.4) is 0 Å². The second-order valence-electron chi connectivity index (χ2n) is 5.04. The summed E-state index contributed by atoms with van der Waals surface area (Å²) in [5.74, 6) is 0. The van der Waals surface area contributed by atoms with E-state index in [1.807, 2.05) is 6.92 Å². The lowest BCUT2D eigenvalue weighted by atomic mass is 10.1. The van der Waals surface area contributed by atoms with E-state index in [0.717, 1.165) is 24.5 Å². The molecule has 0 saturated carbocycles. The van der Waals surface area contributed by atoms with Gasteiger partial charge in [-0.3, -0.25) is 4.98 Å². The zero-order chi connectivity index (χ0) is 12.8. The van der Waals surface area contributed by atoms with Crippen molar-refractivity contribution in [3.63, 3.8) is 0 Å². The van der Waals surface area contributed by atoms with E-state index >= 15 is 0 Å². The molecule has 0 radical (unpaired) electrons. The van der Waals surface area contributed by atoms with Crippen molar-refractivity contribution in [3.05, 3.63) is 29.1 Å². The molecule has 0 aliphatic heterocycles. The van der Waals surface area contributed by atoms with Crippen molar-refractivity contribution >= 4 is 0 Å². The Labute approximate surface area is 105 Å². The van der Waals surface area contributed by atoms with Crippen molar-refractivity contribution in [2.24, 2.45) is 0 Å². The molecule has 0 spiro atoms. The Kier molecular flexibility index (Phi) is 5.59. The van der Waals surface area contributed by atoms with Gasteiger partial charge in [-0.05, 0) is 32.4 Å². The second-order valence-corrected chi connectivity index (χ2v) is 5.04. The van der Waals surface area contributed by atoms with Crippen molar-refractivity contribution < 1.29 is 0 Å². The minimum Gasteiger partial charge on any atom is -0.313 e. The van der Waals surface area contributed by atoms with Crippen LogP contribution < -0.4 is 10.6 Å². The van der Waals surface area contributed by atoms with Crippen molar-refractivity contribution in [2.45, 2.75) is 53.2 Å². The van der Waals surface area contributed by atoms with Crippen LogP contribution >= 0.6 is 0 Å². The normalized spacial score (nSPS) is 13.1. The Balaban J connectivity index is 2.39. The van der Waals surface area contributed by atoms with Gasteiger partial charge in [-0.25, -0.2) is 0 Å². The highest BCUT2D eigenvalue weighted by atomic mass is 15.0. The average Bonchev–Trinajstić information content (AvgIpc) is 2.25. The smallest absolute Gasteiger partial charge is 0.0420 e. The minimum atomic E-state index is 0.470. The van der Waals surface area contributed by atoms with E-state index in [1.165, 1.54) is 5.56 Å². The highest BCUT2D eigenvalue weighted by molar-refractivity contribution is 5.21. The summed E-state index contributed by atoms with van der Waals surface area (Å²) in [5, 5.41) is 6.94. The van der Waals surface area contributed by atoms with Crippen molar-refractivity contribution in [2.75, 3.05) is 6.54 Å². The van der Waals surface area contributed by atoms with E-state index in [9.17, 15) is 0 Å².